The number of benzene rings is 2. The van der Waals surface area contributed by atoms with Crippen LogP contribution in [-0.2, 0) is 6.42 Å². The number of nitriles is 1. The predicted molar refractivity (Wildman–Crippen MR) is 106 cm³/mol. The maximum Gasteiger partial charge on any atom is 0.232 e. The predicted octanol–water partition coefficient (Wildman–Crippen LogP) is 4.77. The van der Waals surface area contributed by atoms with Crippen LogP contribution in [0.4, 0.5) is 5.88 Å². The molecule has 0 aliphatic rings. The second-order valence-electron chi connectivity index (χ2n) is 5.84. The van der Waals surface area contributed by atoms with Crippen LogP contribution in [0.2, 0.25) is 0 Å². The molecule has 0 spiro atoms. The number of oxazole rings is 1. The van der Waals surface area contributed by atoms with Gasteiger partial charge in [-0.15, -0.1) is 0 Å². The third-order valence-electron chi connectivity index (χ3n) is 3.90. The number of hydrogen-bond acceptors (Lipinski definition) is 5. The largest absolute Gasteiger partial charge is 0.494 e. The molecule has 0 bridgehead atoms. The number of anilines is 1. The first-order valence-electron chi connectivity index (χ1n) is 8.88. The van der Waals surface area contributed by atoms with Crippen molar-refractivity contribution in [2.24, 2.45) is 0 Å². The minimum Gasteiger partial charge on any atom is -0.494 e. The van der Waals surface area contributed by atoms with Crippen LogP contribution in [0.5, 0.6) is 5.75 Å². The third kappa shape index (κ3) is 5.23. The summed E-state index contributed by atoms with van der Waals surface area (Å²) in [6.07, 6.45) is 4.47. The van der Waals surface area contributed by atoms with Crippen LogP contribution in [0.15, 0.2) is 59.0 Å². The highest BCUT2D eigenvalue weighted by Crippen LogP contribution is 2.19. The Hall–Kier alpha value is -3.52. The van der Waals surface area contributed by atoms with E-state index in [1.54, 1.807) is 6.08 Å². The highest BCUT2D eigenvalue weighted by Gasteiger charge is 2.10. The van der Waals surface area contributed by atoms with Crippen molar-refractivity contribution in [2.75, 3.05) is 18.5 Å². The molecule has 1 aromatic heterocycles. The van der Waals surface area contributed by atoms with Crippen LogP contribution < -0.4 is 10.1 Å². The molecule has 27 heavy (non-hydrogen) atoms. The molecular weight excluding hydrogens is 338 g/mol. The lowest BCUT2D eigenvalue weighted by atomic mass is 10.1. The van der Waals surface area contributed by atoms with Gasteiger partial charge in [0.15, 0.2) is 0 Å². The van der Waals surface area contributed by atoms with Crippen molar-refractivity contribution in [3.63, 3.8) is 0 Å². The summed E-state index contributed by atoms with van der Waals surface area (Å²) in [5.74, 6) is 1.63. The van der Waals surface area contributed by atoms with Crippen LogP contribution >= 0.6 is 0 Å². The van der Waals surface area contributed by atoms with Gasteiger partial charge in [0.05, 0.1) is 6.61 Å². The zero-order chi connectivity index (χ0) is 18.9. The Kier molecular flexibility index (Phi) is 6.26. The second kappa shape index (κ2) is 9.25. The van der Waals surface area contributed by atoms with Gasteiger partial charge in [-0.2, -0.15) is 10.2 Å². The summed E-state index contributed by atoms with van der Waals surface area (Å²) in [6, 6.07) is 19.9. The lowest BCUT2D eigenvalue weighted by Gasteiger charge is -2.03. The van der Waals surface area contributed by atoms with E-state index in [1.165, 1.54) is 5.56 Å². The normalized spacial score (nSPS) is 10.7. The summed E-state index contributed by atoms with van der Waals surface area (Å²) in [7, 11) is 0. The lowest BCUT2D eigenvalue weighted by molar-refractivity contribution is 0.340. The van der Waals surface area contributed by atoms with E-state index in [2.05, 4.69) is 28.5 Å². The van der Waals surface area contributed by atoms with Crippen LogP contribution in [-0.4, -0.2) is 18.1 Å². The van der Waals surface area contributed by atoms with Gasteiger partial charge in [-0.1, -0.05) is 42.5 Å². The summed E-state index contributed by atoms with van der Waals surface area (Å²) < 4.78 is 11.1. The quantitative estimate of drug-likeness (QED) is 0.627. The van der Waals surface area contributed by atoms with Crippen molar-refractivity contribution in [3.8, 4) is 11.8 Å². The van der Waals surface area contributed by atoms with Crippen molar-refractivity contribution < 1.29 is 9.15 Å². The van der Waals surface area contributed by atoms with Crippen LogP contribution in [0.3, 0.4) is 0 Å². The maximum atomic E-state index is 9.26. The molecule has 1 heterocycles. The van der Waals surface area contributed by atoms with Gasteiger partial charge in [-0.05, 0) is 42.7 Å². The molecule has 0 aliphatic carbocycles. The number of aromatic nitrogens is 1. The molecule has 2 aromatic carbocycles. The van der Waals surface area contributed by atoms with Crippen molar-refractivity contribution in [2.45, 2.75) is 13.3 Å². The van der Waals surface area contributed by atoms with Crippen LogP contribution in [0.25, 0.3) is 12.2 Å². The van der Waals surface area contributed by atoms with E-state index in [0.29, 0.717) is 24.9 Å². The SMILES string of the molecule is CCOc1ccc(C=Cc2nc(C#N)c(NCCc3ccccc3)o2)cc1. The molecule has 0 amide bonds. The van der Waals surface area contributed by atoms with Crippen LogP contribution in [0.1, 0.15) is 29.6 Å². The fourth-order valence-corrected chi connectivity index (χ4v) is 2.58. The summed E-state index contributed by atoms with van der Waals surface area (Å²) >= 11 is 0. The van der Waals surface area contributed by atoms with E-state index in [9.17, 15) is 5.26 Å². The van der Waals surface area contributed by atoms with Gasteiger partial charge in [-0.25, -0.2) is 0 Å². The average molecular weight is 359 g/mol. The molecule has 0 saturated heterocycles. The minimum atomic E-state index is 0.259. The van der Waals surface area contributed by atoms with Crippen LogP contribution in [0, 0.1) is 11.3 Å². The Bertz CT molecular complexity index is 922. The zero-order valence-electron chi connectivity index (χ0n) is 15.2. The second-order valence-corrected chi connectivity index (χ2v) is 5.84. The number of ether oxygens (including phenoxy) is 1. The maximum absolute atomic E-state index is 9.26. The molecule has 0 unspecified atom stereocenters. The van der Waals surface area contributed by atoms with Gasteiger partial charge in [0, 0.05) is 12.6 Å². The molecule has 0 fully saturated rings. The van der Waals surface area contributed by atoms with Gasteiger partial charge >= 0.3 is 0 Å². The summed E-state index contributed by atoms with van der Waals surface area (Å²) in [5, 5.41) is 12.4. The average Bonchev–Trinajstić information content (AvgIpc) is 3.11. The highest BCUT2D eigenvalue weighted by atomic mass is 16.5. The van der Waals surface area contributed by atoms with Gasteiger partial charge < -0.3 is 14.5 Å². The monoisotopic (exact) mass is 359 g/mol. The number of rotatable bonds is 8. The molecule has 1 N–H and O–H groups in total. The number of nitrogens with one attached hydrogen (secondary N) is 1. The highest BCUT2D eigenvalue weighted by molar-refractivity contribution is 5.67. The van der Waals surface area contributed by atoms with E-state index in [0.717, 1.165) is 17.7 Å². The Labute approximate surface area is 158 Å². The molecule has 0 saturated carbocycles. The van der Waals surface area contributed by atoms with Gasteiger partial charge in [0.25, 0.3) is 0 Å². The van der Waals surface area contributed by atoms with Gasteiger partial charge in [-0.3, -0.25) is 0 Å². The Balaban J connectivity index is 1.62. The minimum absolute atomic E-state index is 0.259. The first-order chi connectivity index (χ1) is 13.3. The molecule has 3 rings (SSSR count). The first-order valence-corrected chi connectivity index (χ1v) is 8.88. The molecule has 136 valence electrons. The van der Waals surface area contributed by atoms with Crippen molar-refractivity contribution >= 4 is 18.0 Å². The first kappa shape index (κ1) is 18.3. The third-order valence-corrected chi connectivity index (χ3v) is 3.90. The topological polar surface area (TPSA) is 71.1 Å². The molecule has 0 aliphatic heterocycles. The lowest BCUT2D eigenvalue weighted by Crippen LogP contribution is -2.05. The zero-order valence-corrected chi connectivity index (χ0v) is 15.2. The Morgan fingerprint density at radius 2 is 1.89 bits per heavy atom. The van der Waals surface area contributed by atoms with Crippen molar-refractivity contribution in [1.82, 2.24) is 4.98 Å². The van der Waals surface area contributed by atoms with Gasteiger partial charge in [0.1, 0.15) is 11.8 Å². The Morgan fingerprint density at radius 1 is 1.11 bits per heavy atom. The van der Waals surface area contributed by atoms with E-state index in [4.69, 9.17) is 9.15 Å². The van der Waals surface area contributed by atoms with Crippen molar-refractivity contribution in [1.29, 1.82) is 5.26 Å². The number of hydrogen-bond donors (Lipinski definition) is 1. The van der Waals surface area contributed by atoms with E-state index >= 15 is 0 Å². The van der Waals surface area contributed by atoms with Gasteiger partial charge in [0.2, 0.25) is 17.5 Å². The van der Waals surface area contributed by atoms with E-state index in [-0.39, 0.29) is 5.69 Å². The molecule has 5 nitrogen and oxygen atoms in total. The molecule has 3 aromatic rings. The standard InChI is InChI=1S/C22H21N3O2/c1-2-26-19-11-8-18(9-12-19)10-13-21-25-20(16-23)22(27-21)24-15-14-17-6-4-3-5-7-17/h3-13,24H,2,14-15H2,1H3. The fraction of sp³-hybridized carbons (Fsp3) is 0.182. The number of nitrogens with zero attached hydrogens (tertiary/aromatic N) is 2. The summed E-state index contributed by atoms with van der Waals surface area (Å²) in [5.41, 5.74) is 2.47. The summed E-state index contributed by atoms with van der Waals surface area (Å²) in [4.78, 5) is 4.21. The molecule has 0 atom stereocenters. The van der Waals surface area contributed by atoms with E-state index < -0.39 is 0 Å². The molecular formula is C22H21N3O2. The summed E-state index contributed by atoms with van der Waals surface area (Å²) in [6.45, 7) is 3.26. The van der Waals surface area contributed by atoms with E-state index in [1.807, 2.05) is 55.5 Å². The van der Waals surface area contributed by atoms with Crippen molar-refractivity contribution in [3.05, 3.63) is 77.3 Å². The smallest absolute Gasteiger partial charge is 0.232 e. The Morgan fingerprint density at radius 3 is 2.59 bits per heavy atom. The fourth-order valence-electron chi connectivity index (χ4n) is 2.58. The molecule has 0 radical (unpaired) electrons. The molecule has 5 heteroatoms.